The highest BCUT2D eigenvalue weighted by molar-refractivity contribution is 5.68. The van der Waals surface area contributed by atoms with E-state index >= 15 is 0 Å². The number of carbonyl (C=O) groups is 1. The van der Waals surface area contributed by atoms with Gasteiger partial charge >= 0.3 is 6.09 Å². The van der Waals surface area contributed by atoms with Crippen LogP contribution in [0.4, 0.5) is 4.79 Å². The molecule has 2 N–H and O–H groups in total. The molecule has 0 aliphatic carbocycles. The maximum atomic E-state index is 12.3. The van der Waals surface area contributed by atoms with E-state index in [4.69, 9.17) is 4.74 Å². The van der Waals surface area contributed by atoms with Crippen molar-refractivity contribution in [2.45, 2.75) is 97.1 Å². The van der Waals surface area contributed by atoms with Crippen LogP contribution < -0.4 is 5.32 Å². The van der Waals surface area contributed by atoms with Crippen LogP contribution in [0.25, 0.3) is 0 Å². The predicted molar refractivity (Wildman–Crippen MR) is 88.9 cm³/mol. The van der Waals surface area contributed by atoms with Gasteiger partial charge < -0.3 is 20.1 Å². The Hall–Kier alpha value is -0.810. The highest BCUT2D eigenvalue weighted by Crippen LogP contribution is 2.24. The van der Waals surface area contributed by atoms with Crippen LogP contribution in [0, 0.1) is 0 Å². The maximum absolute atomic E-state index is 12.3. The van der Waals surface area contributed by atoms with E-state index in [0.717, 1.165) is 32.2 Å². The predicted octanol–water partition coefficient (Wildman–Crippen LogP) is 2.91. The molecule has 1 fully saturated rings. The first-order chi connectivity index (χ1) is 10.1. The molecular weight excluding hydrogens is 280 g/mol. The zero-order valence-corrected chi connectivity index (χ0v) is 15.1. The number of amides is 1. The van der Waals surface area contributed by atoms with Crippen LogP contribution in [-0.2, 0) is 4.74 Å². The standard InChI is InChI=1S/C17H34N2O3/c1-12(10-14(3)20)18-13(2)11-15-8-7-9-19(15)16(21)22-17(4,5)6/h12-15,18,20H,7-11H2,1-6H3. The fraction of sp³-hybridized carbons (Fsp3) is 0.941. The number of ether oxygens (including phenoxy) is 1. The molecule has 1 aliphatic heterocycles. The molecule has 0 aromatic heterocycles. The summed E-state index contributed by atoms with van der Waals surface area (Å²) in [6.07, 6.45) is 3.25. The molecule has 22 heavy (non-hydrogen) atoms. The highest BCUT2D eigenvalue weighted by Gasteiger charge is 2.33. The van der Waals surface area contributed by atoms with Crippen molar-refractivity contribution in [1.82, 2.24) is 10.2 Å². The Balaban J connectivity index is 2.48. The highest BCUT2D eigenvalue weighted by atomic mass is 16.6. The third-order valence-corrected chi connectivity index (χ3v) is 3.89. The number of hydrogen-bond donors (Lipinski definition) is 2. The molecule has 0 spiro atoms. The molecule has 5 heteroatoms. The molecule has 1 amide bonds. The zero-order chi connectivity index (χ0) is 16.9. The summed E-state index contributed by atoms with van der Waals surface area (Å²) in [5, 5.41) is 12.9. The van der Waals surface area contributed by atoms with Crippen LogP contribution in [0.2, 0.25) is 0 Å². The van der Waals surface area contributed by atoms with Gasteiger partial charge in [-0.3, -0.25) is 0 Å². The topological polar surface area (TPSA) is 61.8 Å². The first-order valence-electron chi connectivity index (χ1n) is 8.52. The maximum Gasteiger partial charge on any atom is 0.410 e. The second-order valence-corrected chi connectivity index (χ2v) is 7.76. The molecule has 0 aromatic carbocycles. The van der Waals surface area contributed by atoms with Gasteiger partial charge in [0.25, 0.3) is 0 Å². The Kier molecular flexibility index (Phi) is 7.13. The van der Waals surface area contributed by atoms with E-state index in [1.807, 2.05) is 32.6 Å². The smallest absolute Gasteiger partial charge is 0.410 e. The van der Waals surface area contributed by atoms with Gasteiger partial charge in [0.1, 0.15) is 5.60 Å². The quantitative estimate of drug-likeness (QED) is 0.791. The van der Waals surface area contributed by atoms with Gasteiger partial charge in [-0.05, 0) is 67.2 Å². The van der Waals surface area contributed by atoms with Gasteiger partial charge in [0.2, 0.25) is 0 Å². The van der Waals surface area contributed by atoms with Crippen molar-refractivity contribution in [3.8, 4) is 0 Å². The number of rotatable bonds is 6. The minimum absolute atomic E-state index is 0.195. The van der Waals surface area contributed by atoms with Crippen molar-refractivity contribution < 1.29 is 14.6 Å². The fourth-order valence-electron chi connectivity index (χ4n) is 3.18. The normalized spacial score (nSPS) is 23.2. The molecule has 4 unspecified atom stereocenters. The number of hydrogen-bond acceptors (Lipinski definition) is 4. The molecule has 1 heterocycles. The fourth-order valence-corrected chi connectivity index (χ4v) is 3.18. The summed E-state index contributed by atoms with van der Waals surface area (Å²) in [6.45, 7) is 12.5. The molecule has 1 rings (SSSR count). The van der Waals surface area contributed by atoms with E-state index in [0.29, 0.717) is 6.04 Å². The van der Waals surface area contributed by atoms with Crippen LogP contribution in [0.1, 0.15) is 67.2 Å². The van der Waals surface area contributed by atoms with Crippen LogP contribution in [0.3, 0.4) is 0 Å². The molecule has 0 radical (unpaired) electrons. The lowest BCUT2D eigenvalue weighted by Crippen LogP contribution is -2.44. The zero-order valence-electron chi connectivity index (χ0n) is 15.1. The summed E-state index contributed by atoms with van der Waals surface area (Å²) in [4.78, 5) is 14.1. The van der Waals surface area contributed by atoms with Gasteiger partial charge in [-0.2, -0.15) is 0 Å². The van der Waals surface area contributed by atoms with Gasteiger partial charge in [-0.25, -0.2) is 4.79 Å². The largest absolute Gasteiger partial charge is 0.444 e. The van der Waals surface area contributed by atoms with Crippen molar-refractivity contribution in [2.75, 3.05) is 6.54 Å². The average molecular weight is 314 g/mol. The number of aliphatic hydroxyl groups is 1. The number of nitrogens with zero attached hydrogens (tertiary/aromatic N) is 1. The summed E-state index contributed by atoms with van der Waals surface area (Å²) in [5.74, 6) is 0. The molecule has 5 nitrogen and oxygen atoms in total. The Morgan fingerprint density at radius 1 is 1.32 bits per heavy atom. The van der Waals surface area contributed by atoms with Gasteiger partial charge in [0, 0.05) is 24.7 Å². The molecule has 0 bridgehead atoms. The van der Waals surface area contributed by atoms with Gasteiger partial charge in [-0.1, -0.05) is 0 Å². The van der Waals surface area contributed by atoms with E-state index in [2.05, 4.69) is 19.2 Å². The molecule has 0 aromatic rings. The molecule has 1 saturated heterocycles. The number of aliphatic hydroxyl groups excluding tert-OH is 1. The SMILES string of the molecule is CC(O)CC(C)NC(C)CC1CCCN1C(=O)OC(C)(C)C. The van der Waals surface area contributed by atoms with Crippen molar-refractivity contribution >= 4 is 6.09 Å². The van der Waals surface area contributed by atoms with Crippen LogP contribution >= 0.6 is 0 Å². The van der Waals surface area contributed by atoms with Crippen molar-refractivity contribution in [3.05, 3.63) is 0 Å². The van der Waals surface area contributed by atoms with E-state index in [9.17, 15) is 9.90 Å². The lowest BCUT2D eigenvalue weighted by Gasteiger charge is -2.31. The Labute approximate surface area is 135 Å². The summed E-state index contributed by atoms with van der Waals surface area (Å²) in [6, 6.07) is 0.823. The van der Waals surface area contributed by atoms with Gasteiger partial charge in [0.15, 0.2) is 0 Å². The molecular formula is C17H34N2O3. The summed E-state index contributed by atoms with van der Waals surface area (Å²) < 4.78 is 5.50. The van der Waals surface area contributed by atoms with E-state index in [-0.39, 0.29) is 24.3 Å². The number of nitrogens with one attached hydrogen (secondary N) is 1. The van der Waals surface area contributed by atoms with Crippen molar-refractivity contribution in [1.29, 1.82) is 0 Å². The monoisotopic (exact) mass is 314 g/mol. The minimum Gasteiger partial charge on any atom is -0.444 e. The van der Waals surface area contributed by atoms with Crippen LogP contribution in [0.5, 0.6) is 0 Å². The third-order valence-electron chi connectivity index (χ3n) is 3.89. The summed E-state index contributed by atoms with van der Waals surface area (Å²) in [7, 11) is 0. The number of likely N-dealkylation sites (tertiary alicyclic amines) is 1. The van der Waals surface area contributed by atoms with Gasteiger partial charge in [0.05, 0.1) is 6.10 Å². The summed E-state index contributed by atoms with van der Waals surface area (Å²) in [5.41, 5.74) is -0.445. The Bertz CT molecular complexity index is 352. The minimum atomic E-state index is -0.445. The molecule has 1 aliphatic rings. The number of carbonyl (C=O) groups excluding carboxylic acids is 1. The second kappa shape index (κ2) is 8.16. The van der Waals surface area contributed by atoms with Gasteiger partial charge in [-0.15, -0.1) is 0 Å². The van der Waals surface area contributed by atoms with E-state index < -0.39 is 5.60 Å². The van der Waals surface area contributed by atoms with E-state index in [1.165, 1.54) is 0 Å². The summed E-state index contributed by atoms with van der Waals surface area (Å²) >= 11 is 0. The molecule has 130 valence electrons. The Morgan fingerprint density at radius 2 is 1.95 bits per heavy atom. The lowest BCUT2D eigenvalue weighted by atomic mass is 10.0. The second-order valence-electron chi connectivity index (χ2n) is 7.76. The molecule has 4 atom stereocenters. The third kappa shape index (κ3) is 6.97. The van der Waals surface area contributed by atoms with E-state index in [1.54, 1.807) is 0 Å². The Morgan fingerprint density at radius 3 is 2.50 bits per heavy atom. The molecule has 0 saturated carbocycles. The van der Waals surface area contributed by atoms with Crippen LogP contribution in [-0.4, -0.2) is 52.5 Å². The van der Waals surface area contributed by atoms with Crippen molar-refractivity contribution in [2.24, 2.45) is 0 Å². The van der Waals surface area contributed by atoms with Crippen LogP contribution in [0.15, 0.2) is 0 Å². The lowest BCUT2D eigenvalue weighted by molar-refractivity contribution is 0.0214. The average Bonchev–Trinajstić information content (AvgIpc) is 2.72. The first-order valence-corrected chi connectivity index (χ1v) is 8.52. The first kappa shape index (κ1) is 19.2. The van der Waals surface area contributed by atoms with Crippen molar-refractivity contribution in [3.63, 3.8) is 0 Å².